The van der Waals surface area contributed by atoms with E-state index in [1.807, 2.05) is 0 Å². The van der Waals surface area contributed by atoms with Gasteiger partial charge in [-0.05, 0) is 44.6 Å². The van der Waals surface area contributed by atoms with Gasteiger partial charge in [0.1, 0.15) is 5.78 Å². The summed E-state index contributed by atoms with van der Waals surface area (Å²) in [6.45, 7) is 4.20. The molecule has 0 aromatic heterocycles. The zero-order valence-corrected chi connectivity index (χ0v) is 11.1. The summed E-state index contributed by atoms with van der Waals surface area (Å²) >= 11 is 0. The molecule has 0 heterocycles. The lowest BCUT2D eigenvalue weighted by atomic mass is 9.80. The van der Waals surface area contributed by atoms with Crippen LogP contribution in [0.5, 0.6) is 0 Å². The van der Waals surface area contributed by atoms with Gasteiger partial charge in [0.25, 0.3) is 0 Å². The van der Waals surface area contributed by atoms with Gasteiger partial charge >= 0.3 is 0 Å². The molecule has 3 heteroatoms. The van der Waals surface area contributed by atoms with Crippen LogP contribution in [0.15, 0.2) is 0 Å². The molecular weight excluding hydrogens is 214 g/mol. The molecule has 0 aromatic rings. The van der Waals surface area contributed by atoms with Crippen LogP contribution in [-0.4, -0.2) is 42.0 Å². The molecule has 2 unspecified atom stereocenters. The third kappa shape index (κ3) is 3.52. The summed E-state index contributed by atoms with van der Waals surface area (Å²) in [6, 6.07) is 0. The van der Waals surface area contributed by atoms with Gasteiger partial charge in [-0.2, -0.15) is 0 Å². The average Bonchev–Trinajstić information content (AvgIpc) is 2.21. The van der Waals surface area contributed by atoms with E-state index in [9.17, 15) is 9.90 Å². The summed E-state index contributed by atoms with van der Waals surface area (Å²) in [4.78, 5) is 14.1. The standard InChI is InChI=1S/C14H25NO2/c1-10-3-4-14(17)12(5-10)9-15(2)8-11-6-13(16)7-11/h10-13,16H,3-9H2,1-2H3. The van der Waals surface area contributed by atoms with Crippen LogP contribution < -0.4 is 0 Å². The lowest BCUT2D eigenvalue weighted by Crippen LogP contribution is -2.40. The van der Waals surface area contributed by atoms with Gasteiger partial charge < -0.3 is 10.0 Å². The van der Waals surface area contributed by atoms with Crippen LogP contribution in [0.2, 0.25) is 0 Å². The number of carbonyl (C=O) groups excluding carboxylic acids is 1. The van der Waals surface area contributed by atoms with Crippen molar-refractivity contribution in [3.8, 4) is 0 Å². The Kier molecular flexibility index (Phi) is 4.21. The highest BCUT2D eigenvalue weighted by atomic mass is 16.3. The van der Waals surface area contributed by atoms with Crippen molar-refractivity contribution in [1.29, 1.82) is 0 Å². The Morgan fingerprint density at radius 1 is 1.29 bits per heavy atom. The molecule has 3 nitrogen and oxygen atoms in total. The Morgan fingerprint density at radius 2 is 2.00 bits per heavy atom. The second-order valence-corrected chi connectivity index (χ2v) is 6.26. The maximum Gasteiger partial charge on any atom is 0.137 e. The summed E-state index contributed by atoms with van der Waals surface area (Å²) in [5.74, 6) is 2.07. The van der Waals surface area contributed by atoms with E-state index in [0.29, 0.717) is 17.6 Å². The van der Waals surface area contributed by atoms with Gasteiger partial charge in [0.2, 0.25) is 0 Å². The maximum atomic E-state index is 11.8. The lowest BCUT2D eigenvalue weighted by molar-refractivity contribution is -0.126. The van der Waals surface area contributed by atoms with Crippen molar-refractivity contribution in [2.24, 2.45) is 17.8 Å². The Morgan fingerprint density at radius 3 is 2.65 bits per heavy atom. The average molecular weight is 239 g/mol. The van der Waals surface area contributed by atoms with E-state index in [-0.39, 0.29) is 12.0 Å². The minimum absolute atomic E-state index is 0.0651. The molecule has 2 aliphatic rings. The summed E-state index contributed by atoms with van der Waals surface area (Å²) in [5.41, 5.74) is 0. The largest absolute Gasteiger partial charge is 0.393 e. The molecule has 98 valence electrons. The fourth-order valence-corrected chi connectivity index (χ4v) is 3.25. The molecule has 0 bridgehead atoms. The number of aliphatic hydroxyl groups is 1. The summed E-state index contributed by atoms with van der Waals surface area (Å²) in [5, 5.41) is 9.26. The number of aliphatic hydroxyl groups excluding tert-OH is 1. The lowest BCUT2D eigenvalue weighted by Gasteiger charge is -2.36. The number of nitrogens with zero attached hydrogens (tertiary/aromatic N) is 1. The molecule has 2 atom stereocenters. The predicted molar refractivity (Wildman–Crippen MR) is 67.7 cm³/mol. The third-order valence-electron chi connectivity index (χ3n) is 4.34. The van der Waals surface area contributed by atoms with Crippen molar-refractivity contribution in [2.75, 3.05) is 20.1 Å². The van der Waals surface area contributed by atoms with Gasteiger partial charge in [-0.25, -0.2) is 0 Å². The van der Waals surface area contributed by atoms with Crippen molar-refractivity contribution < 1.29 is 9.90 Å². The van der Waals surface area contributed by atoms with Gasteiger partial charge in [-0.3, -0.25) is 4.79 Å². The second kappa shape index (κ2) is 5.49. The molecular formula is C14H25NO2. The minimum Gasteiger partial charge on any atom is -0.393 e. The van der Waals surface area contributed by atoms with E-state index in [4.69, 9.17) is 0 Å². The first-order valence-corrected chi connectivity index (χ1v) is 6.94. The molecule has 1 N–H and O–H groups in total. The highest BCUT2D eigenvalue weighted by Gasteiger charge is 2.31. The third-order valence-corrected chi connectivity index (χ3v) is 4.34. The van der Waals surface area contributed by atoms with Gasteiger partial charge in [0, 0.05) is 25.4 Å². The number of rotatable bonds is 4. The summed E-state index contributed by atoms with van der Waals surface area (Å²) in [7, 11) is 2.11. The monoisotopic (exact) mass is 239 g/mol. The quantitative estimate of drug-likeness (QED) is 0.811. The number of hydrogen-bond acceptors (Lipinski definition) is 3. The normalized spacial score (nSPS) is 38.2. The zero-order valence-electron chi connectivity index (χ0n) is 11.1. The van der Waals surface area contributed by atoms with Crippen molar-refractivity contribution in [3.63, 3.8) is 0 Å². The van der Waals surface area contributed by atoms with Crippen molar-refractivity contribution in [2.45, 2.75) is 45.1 Å². The molecule has 2 fully saturated rings. The Balaban J connectivity index is 1.73. The fourth-order valence-electron chi connectivity index (χ4n) is 3.25. The first-order chi connectivity index (χ1) is 8.04. The Labute approximate surface area is 104 Å². The summed E-state index contributed by atoms with van der Waals surface area (Å²) < 4.78 is 0. The minimum atomic E-state index is -0.0651. The van der Waals surface area contributed by atoms with E-state index in [1.165, 1.54) is 0 Å². The van der Waals surface area contributed by atoms with Gasteiger partial charge in [-0.1, -0.05) is 6.92 Å². The first kappa shape index (κ1) is 13.0. The Bertz CT molecular complexity index is 273. The smallest absolute Gasteiger partial charge is 0.137 e. The number of hydrogen-bond donors (Lipinski definition) is 1. The van der Waals surface area contributed by atoms with Crippen LogP contribution >= 0.6 is 0 Å². The van der Waals surface area contributed by atoms with Crippen molar-refractivity contribution >= 4 is 5.78 Å². The SMILES string of the molecule is CC1CCC(=O)C(CN(C)CC2CC(O)C2)C1. The number of ketones is 1. The molecule has 17 heavy (non-hydrogen) atoms. The van der Waals surface area contributed by atoms with E-state index in [0.717, 1.165) is 45.2 Å². The second-order valence-electron chi connectivity index (χ2n) is 6.26. The molecule has 0 saturated heterocycles. The van der Waals surface area contributed by atoms with E-state index in [1.54, 1.807) is 0 Å². The fraction of sp³-hybridized carbons (Fsp3) is 0.929. The van der Waals surface area contributed by atoms with Gasteiger partial charge in [0.15, 0.2) is 0 Å². The molecule has 0 radical (unpaired) electrons. The van der Waals surface area contributed by atoms with E-state index in [2.05, 4.69) is 18.9 Å². The van der Waals surface area contributed by atoms with E-state index < -0.39 is 0 Å². The zero-order chi connectivity index (χ0) is 12.4. The molecule has 2 saturated carbocycles. The van der Waals surface area contributed by atoms with Gasteiger partial charge in [-0.15, -0.1) is 0 Å². The summed E-state index contributed by atoms with van der Waals surface area (Å²) in [6.07, 6.45) is 4.75. The molecule has 0 aliphatic heterocycles. The highest BCUT2D eigenvalue weighted by molar-refractivity contribution is 5.81. The number of carbonyl (C=O) groups is 1. The number of Topliss-reactive ketones (excluding diaryl/α,β-unsaturated/α-hetero) is 1. The highest BCUT2D eigenvalue weighted by Crippen LogP contribution is 2.29. The maximum absolute atomic E-state index is 11.8. The molecule has 0 aromatic carbocycles. The van der Waals surface area contributed by atoms with Crippen LogP contribution in [0.1, 0.15) is 39.0 Å². The topological polar surface area (TPSA) is 40.5 Å². The molecule has 0 spiro atoms. The van der Waals surface area contributed by atoms with Crippen molar-refractivity contribution in [3.05, 3.63) is 0 Å². The van der Waals surface area contributed by atoms with Crippen LogP contribution in [0.4, 0.5) is 0 Å². The van der Waals surface area contributed by atoms with E-state index >= 15 is 0 Å². The van der Waals surface area contributed by atoms with Crippen LogP contribution in [0.25, 0.3) is 0 Å². The Hall–Kier alpha value is -0.410. The van der Waals surface area contributed by atoms with Crippen molar-refractivity contribution in [1.82, 2.24) is 4.90 Å². The predicted octanol–water partition coefficient (Wildman–Crippen LogP) is 1.69. The molecule has 0 amide bonds. The van der Waals surface area contributed by atoms with Gasteiger partial charge in [0.05, 0.1) is 6.10 Å². The molecule has 2 rings (SSSR count). The van der Waals surface area contributed by atoms with Crippen LogP contribution in [0, 0.1) is 17.8 Å². The first-order valence-electron chi connectivity index (χ1n) is 6.94. The molecule has 2 aliphatic carbocycles. The van der Waals surface area contributed by atoms with Crippen LogP contribution in [0.3, 0.4) is 0 Å². The van der Waals surface area contributed by atoms with Crippen LogP contribution in [-0.2, 0) is 4.79 Å².